The molecule has 3 nitrogen and oxygen atoms in total. The second-order valence-electron chi connectivity index (χ2n) is 5.28. The van der Waals surface area contributed by atoms with Crippen molar-refractivity contribution in [3.05, 3.63) is 0 Å². The van der Waals surface area contributed by atoms with Crippen LogP contribution in [0.5, 0.6) is 0 Å². The Bertz CT molecular complexity index is 189. The average molecular weight is 211 g/mol. The minimum absolute atomic E-state index is 0.438. The van der Waals surface area contributed by atoms with Crippen molar-refractivity contribution < 1.29 is 0 Å². The van der Waals surface area contributed by atoms with Crippen LogP contribution in [0.25, 0.3) is 0 Å². The first-order valence-electron chi connectivity index (χ1n) is 6.46. The van der Waals surface area contributed by atoms with Gasteiger partial charge in [-0.25, -0.2) is 0 Å². The number of nitrogens with two attached hydrogens (primary N) is 1. The molecule has 15 heavy (non-hydrogen) atoms. The molecule has 0 saturated carbocycles. The van der Waals surface area contributed by atoms with E-state index >= 15 is 0 Å². The van der Waals surface area contributed by atoms with Crippen LogP contribution < -0.4 is 5.73 Å². The number of likely N-dealkylation sites (tertiary alicyclic amines) is 2. The minimum Gasteiger partial charge on any atom is -0.327 e. The van der Waals surface area contributed by atoms with Crippen LogP contribution >= 0.6 is 0 Å². The van der Waals surface area contributed by atoms with Gasteiger partial charge >= 0.3 is 0 Å². The molecule has 0 aromatic heterocycles. The highest BCUT2D eigenvalue weighted by Gasteiger charge is 2.23. The Balaban J connectivity index is 1.66. The number of nitrogens with zero attached hydrogens (tertiary/aromatic N) is 2. The quantitative estimate of drug-likeness (QED) is 0.748. The van der Waals surface area contributed by atoms with E-state index in [1.165, 1.54) is 58.5 Å². The number of rotatable bonds is 3. The van der Waals surface area contributed by atoms with Gasteiger partial charge in [-0.1, -0.05) is 6.92 Å². The van der Waals surface area contributed by atoms with Crippen LogP contribution in [-0.4, -0.2) is 55.1 Å². The number of piperidine rings is 1. The lowest BCUT2D eigenvalue weighted by molar-refractivity contribution is 0.148. The molecule has 0 radical (unpaired) electrons. The van der Waals surface area contributed by atoms with Gasteiger partial charge in [-0.15, -0.1) is 0 Å². The standard InChI is InChI=1S/C12H25N3/c1-11-10-15(7-4-12(11)13)9-8-14-5-2-3-6-14/h11-12H,2-10,13H2,1H3. The Morgan fingerprint density at radius 1 is 1.07 bits per heavy atom. The molecule has 0 aliphatic carbocycles. The van der Waals surface area contributed by atoms with Gasteiger partial charge in [0.25, 0.3) is 0 Å². The third-order valence-electron chi connectivity index (χ3n) is 3.99. The van der Waals surface area contributed by atoms with Gasteiger partial charge in [-0.3, -0.25) is 0 Å². The van der Waals surface area contributed by atoms with Crippen molar-refractivity contribution in [2.75, 3.05) is 39.3 Å². The van der Waals surface area contributed by atoms with E-state index in [9.17, 15) is 0 Å². The van der Waals surface area contributed by atoms with Crippen LogP contribution in [-0.2, 0) is 0 Å². The summed E-state index contributed by atoms with van der Waals surface area (Å²) in [6, 6.07) is 0.438. The van der Waals surface area contributed by atoms with Gasteiger partial charge in [0.05, 0.1) is 0 Å². The second kappa shape index (κ2) is 5.28. The number of hydrogen-bond acceptors (Lipinski definition) is 3. The third kappa shape index (κ3) is 3.16. The van der Waals surface area contributed by atoms with E-state index in [0.717, 1.165) is 0 Å². The zero-order chi connectivity index (χ0) is 10.7. The Morgan fingerprint density at radius 2 is 1.73 bits per heavy atom. The molecule has 2 unspecified atom stereocenters. The molecule has 3 heteroatoms. The van der Waals surface area contributed by atoms with E-state index in [-0.39, 0.29) is 0 Å². The first kappa shape index (κ1) is 11.4. The zero-order valence-corrected chi connectivity index (χ0v) is 9.99. The first-order valence-corrected chi connectivity index (χ1v) is 6.46. The molecule has 2 heterocycles. The van der Waals surface area contributed by atoms with E-state index < -0.39 is 0 Å². The second-order valence-corrected chi connectivity index (χ2v) is 5.28. The molecule has 2 saturated heterocycles. The SMILES string of the molecule is CC1CN(CCN2CCCC2)CCC1N. The summed E-state index contributed by atoms with van der Waals surface area (Å²) in [6.45, 7) is 9.85. The van der Waals surface area contributed by atoms with Crippen molar-refractivity contribution in [3.8, 4) is 0 Å². The molecular weight excluding hydrogens is 186 g/mol. The minimum atomic E-state index is 0.438. The summed E-state index contributed by atoms with van der Waals surface area (Å²) in [5.41, 5.74) is 6.02. The van der Waals surface area contributed by atoms with E-state index in [4.69, 9.17) is 5.73 Å². The molecule has 0 aromatic carbocycles. The zero-order valence-electron chi connectivity index (χ0n) is 9.99. The average Bonchev–Trinajstić information content (AvgIpc) is 2.73. The fourth-order valence-electron chi connectivity index (χ4n) is 2.74. The molecular formula is C12H25N3. The fourth-order valence-corrected chi connectivity index (χ4v) is 2.74. The maximum Gasteiger partial charge on any atom is 0.0109 e. The van der Waals surface area contributed by atoms with Crippen LogP contribution in [0.3, 0.4) is 0 Å². The molecule has 0 spiro atoms. The maximum atomic E-state index is 6.02. The molecule has 2 aliphatic rings. The van der Waals surface area contributed by atoms with Crippen LogP contribution in [0.1, 0.15) is 26.2 Å². The van der Waals surface area contributed by atoms with Crippen LogP contribution in [0.2, 0.25) is 0 Å². The van der Waals surface area contributed by atoms with Gasteiger partial charge in [-0.2, -0.15) is 0 Å². The Hall–Kier alpha value is -0.120. The smallest absolute Gasteiger partial charge is 0.0109 e. The van der Waals surface area contributed by atoms with Crippen molar-refractivity contribution in [2.45, 2.75) is 32.2 Å². The lowest BCUT2D eigenvalue weighted by Crippen LogP contribution is -2.47. The Labute approximate surface area is 93.6 Å². The highest BCUT2D eigenvalue weighted by molar-refractivity contribution is 4.80. The van der Waals surface area contributed by atoms with Gasteiger partial charge in [0.15, 0.2) is 0 Å². The summed E-state index contributed by atoms with van der Waals surface area (Å²) >= 11 is 0. The lowest BCUT2D eigenvalue weighted by Gasteiger charge is -2.35. The Morgan fingerprint density at radius 3 is 2.40 bits per heavy atom. The van der Waals surface area contributed by atoms with Gasteiger partial charge in [-0.05, 0) is 44.8 Å². The van der Waals surface area contributed by atoms with Crippen molar-refractivity contribution in [3.63, 3.8) is 0 Å². The lowest BCUT2D eigenvalue weighted by atomic mass is 9.95. The summed E-state index contributed by atoms with van der Waals surface area (Å²) in [7, 11) is 0. The van der Waals surface area contributed by atoms with E-state index in [0.29, 0.717) is 12.0 Å². The normalized spacial score (nSPS) is 34.8. The summed E-state index contributed by atoms with van der Waals surface area (Å²) < 4.78 is 0. The topological polar surface area (TPSA) is 32.5 Å². The van der Waals surface area contributed by atoms with Crippen LogP contribution in [0, 0.1) is 5.92 Å². The summed E-state index contributed by atoms with van der Waals surface area (Å²) in [4.78, 5) is 5.19. The van der Waals surface area contributed by atoms with E-state index in [1.807, 2.05) is 0 Å². The van der Waals surface area contributed by atoms with Gasteiger partial charge in [0.1, 0.15) is 0 Å². The van der Waals surface area contributed by atoms with E-state index in [1.54, 1.807) is 0 Å². The number of hydrogen-bond donors (Lipinski definition) is 1. The van der Waals surface area contributed by atoms with Crippen molar-refractivity contribution in [2.24, 2.45) is 11.7 Å². The molecule has 2 fully saturated rings. The predicted octanol–water partition coefficient (Wildman–Crippen LogP) is 0.751. The van der Waals surface area contributed by atoms with Gasteiger partial charge in [0, 0.05) is 25.7 Å². The molecule has 2 N–H and O–H groups in total. The molecule has 0 bridgehead atoms. The van der Waals surface area contributed by atoms with Crippen molar-refractivity contribution in [1.82, 2.24) is 9.80 Å². The predicted molar refractivity (Wildman–Crippen MR) is 63.9 cm³/mol. The molecule has 0 aromatic rings. The Kier molecular flexibility index (Phi) is 4.00. The highest BCUT2D eigenvalue weighted by atomic mass is 15.2. The fraction of sp³-hybridized carbons (Fsp3) is 1.00. The molecule has 2 atom stereocenters. The van der Waals surface area contributed by atoms with Crippen molar-refractivity contribution in [1.29, 1.82) is 0 Å². The van der Waals surface area contributed by atoms with Crippen molar-refractivity contribution >= 4 is 0 Å². The monoisotopic (exact) mass is 211 g/mol. The summed E-state index contributed by atoms with van der Waals surface area (Å²) in [5.74, 6) is 0.678. The molecule has 2 aliphatic heterocycles. The molecule has 2 rings (SSSR count). The summed E-state index contributed by atoms with van der Waals surface area (Å²) in [5, 5.41) is 0. The van der Waals surface area contributed by atoms with Crippen LogP contribution in [0.15, 0.2) is 0 Å². The molecule has 88 valence electrons. The van der Waals surface area contributed by atoms with E-state index in [2.05, 4.69) is 16.7 Å². The van der Waals surface area contributed by atoms with Crippen LogP contribution in [0.4, 0.5) is 0 Å². The maximum absolute atomic E-state index is 6.02. The van der Waals surface area contributed by atoms with Gasteiger partial charge < -0.3 is 15.5 Å². The molecule has 0 amide bonds. The van der Waals surface area contributed by atoms with Gasteiger partial charge in [0.2, 0.25) is 0 Å². The summed E-state index contributed by atoms with van der Waals surface area (Å²) in [6.07, 6.45) is 3.99. The largest absolute Gasteiger partial charge is 0.327 e. The third-order valence-corrected chi connectivity index (χ3v) is 3.99. The highest BCUT2D eigenvalue weighted by Crippen LogP contribution is 2.15. The first-order chi connectivity index (χ1) is 7.25.